The number of nitrogens with zero attached hydrogens (tertiary/aromatic N) is 3. The van der Waals surface area contributed by atoms with Crippen LogP contribution in [0.25, 0.3) is 0 Å². The van der Waals surface area contributed by atoms with E-state index in [0.29, 0.717) is 11.8 Å². The normalized spacial score (nSPS) is 25.2. The molecule has 2 aliphatic heterocycles. The molecule has 0 unspecified atom stereocenters. The van der Waals surface area contributed by atoms with Crippen molar-refractivity contribution in [1.82, 2.24) is 9.97 Å². The third-order valence-corrected chi connectivity index (χ3v) is 4.01. The van der Waals surface area contributed by atoms with Crippen LogP contribution >= 0.6 is 0 Å². The van der Waals surface area contributed by atoms with E-state index < -0.39 is 0 Å². The van der Waals surface area contributed by atoms with Crippen LogP contribution in [-0.2, 0) is 9.47 Å². The molecule has 3 rings (SSSR count). The maximum atomic E-state index is 5.76. The zero-order valence-corrected chi connectivity index (χ0v) is 12.5. The zero-order valence-electron chi connectivity index (χ0n) is 12.5. The van der Waals surface area contributed by atoms with E-state index in [0.717, 1.165) is 52.0 Å². The highest BCUT2D eigenvalue weighted by atomic mass is 16.5. The smallest absolute Gasteiger partial charge is 0.228 e. The van der Waals surface area contributed by atoms with Crippen molar-refractivity contribution in [3.05, 3.63) is 12.3 Å². The van der Waals surface area contributed by atoms with E-state index in [1.54, 1.807) is 19.4 Å². The van der Waals surface area contributed by atoms with Crippen molar-refractivity contribution in [1.29, 1.82) is 0 Å². The molecule has 1 aromatic heterocycles. The van der Waals surface area contributed by atoms with Crippen LogP contribution in [0.2, 0.25) is 0 Å². The number of anilines is 1. The fraction of sp³-hybridized carbons (Fsp3) is 0.733. The lowest BCUT2D eigenvalue weighted by Gasteiger charge is -2.27. The van der Waals surface area contributed by atoms with Gasteiger partial charge in [-0.2, -0.15) is 4.98 Å². The molecule has 0 radical (unpaired) electrons. The molecule has 116 valence electrons. The molecule has 0 aliphatic carbocycles. The fourth-order valence-corrected chi connectivity index (χ4v) is 2.90. The number of hydrogen-bond acceptors (Lipinski definition) is 6. The Kier molecular flexibility index (Phi) is 4.87. The van der Waals surface area contributed by atoms with Gasteiger partial charge in [0, 0.05) is 38.6 Å². The van der Waals surface area contributed by atoms with Crippen molar-refractivity contribution in [2.24, 2.45) is 0 Å². The summed E-state index contributed by atoms with van der Waals surface area (Å²) in [6, 6.07) is 1.76. The largest absolute Gasteiger partial charge is 0.481 e. The fourth-order valence-electron chi connectivity index (χ4n) is 2.90. The number of aromatic nitrogens is 2. The first-order valence-corrected chi connectivity index (χ1v) is 7.70. The molecular formula is C15H23N3O3. The SMILES string of the molecule is COc1ccnc(N(C[C@H]2CCCO2)C[C@H]2CCCO2)n1. The average molecular weight is 293 g/mol. The number of ether oxygens (including phenoxy) is 3. The van der Waals surface area contributed by atoms with Gasteiger partial charge < -0.3 is 19.1 Å². The number of hydrogen-bond donors (Lipinski definition) is 0. The lowest BCUT2D eigenvalue weighted by Crippen LogP contribution is -2.39. The topological polar surface area (TPSA) is 56.7 Å². The van der Waals surface area contributed by atoms with Crippen LogP contribution in [-0.4, -0.2) is 55.6 Å². The summed E-state index contributed by atoms with van der Waals surface area (Å²) in [4.78, 5) is 11.0. The molecule has 3 heterocycles. The number of methoxy groups -OCH3 is 1. The average Bonchev–Trinajstić information content (AvgIpc) is 3.20. The third kappa shape index (κ3) is 3.83. The van der Waals surface area contributed by atoms with Crippen molar-refractivity contribution < 1.29 is 14.2 Å². The van der Waals surface area contributed by atoms with Crippen LogP contribution in [0.4, 0.5) is 5.95 Å². The van der Waals surface area contributed by atoms with Gasteiger partial charge in [-0.15, -0.1) is 0 Å². The van der Waals surface area contributed by atoms with Crippen LogP contribution in [0.3, 0.4) is 0 Å². The first kappa shape index (κ1) is 14.5. The van der Waals surface area contributed by atoms with Crippen LogP contribution in [0.1, 0.15) is 25.7 Å². The molecule has 6 heteroatoms. The molecular weight excluding hydrogens is 270 g/mol. The molecule has 0 spiro atoms. The first-order valence-electron chi connectivity index (χ1n) is 7.70. The van der Waals surface area contributed by atoms with E-state index in [9.17, 15) is 0 Å². The highest BCUT2D eigenvalue weighted by Crippen LogP contribution is 2.21. The molecule has 2 atom stereocenters. The summed E-state index contributed by atoms with van der Waals surface area (Å²) in [7, 11) is 1.62. The number of rotatable bonds is 6. The predicted molar refractivity (Wildman–Crippen MR) is 78.7 cm³/mol. The molecule has 0 aromatic carbocycles. The molecule has 2 fully saturated rings. The Labute approximate surface area is 125 Å². The third-order valence-electron chi connectivity index (χ3n) is 4.01. The van der Waals surface area contributed by atoms with E-state index in [1.807, 2.05) is 0 Å². The Bertz CT molecular complexity index is 428. The minimum absolute atomic E-state index is 0.265. The molecule has 0 N–H and O–H groups in total. The monoisotopic (exact) mass is 293 g/mol. The van der Waals surface area contributed by atoms with Gasteiger partial charge >= 0.3 is 0 Å². The van der Waals surface area contributed by atoms with E-state index in [2.05, 4.69) is 14.9 Å². The summed E-state index contributed by atoms with van der Waals surface area (Å²) >= 11 is 0. The lowest BCUT2D eigenvalue weighted by atomic mass is 10.2. The second-order valence-corrected chi connectivity index (χ2v) is 5.57. The van der Waals surface area contributed by atoms with Gasteiger partial charge in [-0.3, -0.25) is 0 Å². The molecule has 6 nitrogen and oxygen atoms in total. The lowest BCUT2D eigenvalue weighted by molar-refractivity contribution is 0.0993. The molecule has 0 amide bonds. The van der Waals surface area contributed by atoms with Gasteiger partial charge in [-0.1, -0.05) is 0 Å². The molecule has 1 aromatic rings. The van der Waals surface area contributed by atoms with Gasteiger partial charge in [-0.05, 0) is 25.7 Å². The molecule has 2 aliphatic rings. The Hall–Kier alpha value is -1.40. The second-order valence-electron chi connectivity index (χ2n) is 5.57. The van der Waals surface area contributed by atoms with Crippen LogP contribution in [0.5, 0.6) is 5.88 Å². The van der Waals surface area contributed by atoms with Gasteiger partial charge in [-0.25, -0.2) is 4.98 Å². The van der Waals surface area contributed by atoms with Crippen molar-refractivity contribution in [3.63, 3.8) is 0 Å². The van der Waals surface area contributed by atoms with E-state index >= 15 is 0 Å². The zero-order chi connectivity index (χ0) is 14.5. The molecule has 21 heavy (non-hydrogen) atoms. The summed E-state index contributed by atoms with van der Waals surface area (Å²) < 4.78 is 16.7. The summed E-state index contributed by atoms with van der Waals surface area (Å²) in [5.41, 5.74) is 0. The highest BCUT2D eigenvalue weighted by molar-refractivity contribution is 5.32. The summed E-state index contributed by atoms with van der Waals surface area (Å²) in [5.74, 6) is 1.28. The van der Waals surface area contributed by atoms with E-state index in [4.69, 9.17) is 14.2 Å². The first-order chi connectivity index (χ1) is 10.3. The predicted octanol–water partition coefficient (Wildman–Crippen LogP) is 1.65. The minimum atomic E-state index is 0.265. The van der Waals surface area contributed by atoms with Gasteiger partial charge in [0.05, 0.1) is 19.3 Å². The summed E-state index contributed by atoms with van der Waals surface area (Å²) in [6.07, 6.45) is 6.74. The summed E-state index contributed by atoms with van der Waals surface area (Å²) in [5, 5.41) is 0. The maximum Gasteiger partial charge on any atom is 0.228 e. The Morgan fingerprint density at radius 2 is 1.86 bits per heavy atom. The Balaban J connectivity index is 1.72. The van der Waals surface area contributed by atoms with Gasteiger partial charge in [0.25, 0.3) is 0 Å². The standard InChI is InChI=1S/C15H23N3O3/c1-19-14-6-7-16-15(17-14)18(10-12-4-2-8-20-12)11-13-5-3-9-21-13/h6-7,12-13H,2-5,8-11H2,1H3/t12-,13-/m1/s1. The summed E-state index contributed by atoms with van der Waals surface area (Å²) in [6.45, 7) is 3.34. The van der Waals surface area contributed by atoms with Crippen LogP contribution in [0, 0.1) is 0 Å². The Morgan fingerprint density at radius 3 is 2.38 bits per heavy atom. The van der Waals surface area contributed by atoms with Crippen LogP contribution < -0.4 is 9.64 Å². The van der Waals surface area contributed by atoms with Gasteiger partial charge in [0.1, 0.15) is 0 Å². The van der Waals surface area contributed by atoms with Crippen molar-refractivity contribution in [2.75, 3.05) is 38.3 Å². The van der Waals surface area contributed by atoms with Crippen molar-refractivity contribution in [3.8, 4) is 5.88 Å². The van der Waals surface area contributed by atoms with E-state index in [1.165, 1.54) is 0 Å². The van der Waals surface area contributed by atoms with Gasteiger partial charge in [0.15, 0.2) is 0 Å². The maximum absolute atomic E-state index is 5.76. The highest BCUT2D eigenvalue weighted by Gasteiger charge is 2.25. The Morgan fingerprint density at radius 1 is 1.19 bits per heavy atom. The minimum Gasteiger partial charge on any atom is -0.481 e. The molecule has 2 saturated heterocycles. The van der Waals surface area contributed by atoms with Gasteiger partial charge in [0.2, 0.25) is 11.8 Å². The van der Waals surface area contributed by atoms with Crippen LogP contribution in [0.15, 0.2) is 12.3 Å². The second kappa shape index (κ2) is 7.04. The van der Waals surface area contributed by atoms with Crippen molar-refractivity contribution in [2.45, 2.75) is 37.9 Å². The molecule has 0 bridgehead atoms. The quantitative estimate of drug-likeness (QED) is 0.795. The molecule has 0 saturated carbocycles. The van der Waals surface area contributed by atoms with E-state index in [-0.39, 0.29) is 12.2 Å². The van der Waals surface area contributed by atoms with Crippen molar-refractivity contribution >= 4 is 5.95 Å².